The van der Waals surface area contributed by atoms with E-state index in [1.807, 2.05) is 53.9 Å². The molecule has 1 atom stereocenters. The van der Waals surface area contributed by atoms with E-state index >= 15 is 0 Å². The SMILES string of the molecule is OC(c1ccc(CN2CCCC2)cc1)(c1cccc(Cl)c1)c1cccs1. The molecule has 1 aliphatic rings. The average Bonchev–Trinajstić information content (AvgIpc) is 3.36. The molecular weight excluding hydrogens is 362 g/mol. The van der Waals surface area contributed by atoms with Crippen LogP contribution in [0, 0.1) is 0 Å². The van der Waals surface area contributed by atoms with Crippen molar-refractivity contribution in [2.75, 3.05) is 13.1 Å². The lowest BCUT2D eigenvalue weighted by Crippen LogP contribution is -2.28. The highest BCUT2D eigenvalue weighted by molar-refractivity contribution is 7.10. The Morgan fingerprint density at radius 1 is 0.962 bits per heavy atom. The topological polar surface area (TPSA) is 23.5 Å². The summed E-state index contributed by atoms with van der Waals surface area (Å²) in [7, 11) is 0. The molecule has 0 amide bonds. The molecular formula is C22H22ClNOS. The van der Waals surface area contributed by atoms with Crippen LogP contribution >= 0.6 is 22.9 Å². The lowest BCUT2D eigenvalue weighted by Gasteiger charge is -2.29. The summed E-state index contributed by atoms with van der Waals surface area (Å²) in [5, 5.41) is 14.4. The van der Waals surface area contributed by atoms with E-state index in [0.29, 0.717) is 5.02 Å². The molecule has 0 bridgehead atoms. The minimum absolute atomic E-state index is 0.628. The summed E-state index contributed by atoms with van der Waals surface area (Å²) < 4.78 is 0. The van der Waals surface area contributed by atoms with Gasteiger partial charge < -0.3 is 5.11 Å². The van der Waals surface area contributed by atoms with E-state index < -0.39 is 5.60 Å². The molecule has 1 aromatic heterocycles. The highest BCUT2D eigenvalue weighted by Gasteiger charge is 2.35. The summed E-state index contributed by atoms with van der Waals surface area (Å²) in [4.78, 5) is 3.38. The van der Waals surface area contributed by atoms with E-state index in [1.165, 1.54) is 31.5 Å². The van der Waals surface area contributed by atoms with Crippen LogP contribution in [0.4, 0.5) is 0 Å². The van der Waals surface area contributed by atoms with Gasteiger partial charge in [-0.1, -0.05) is 54.1 Å². The summed E-state index contributed by atoms with van der Waals surface area (Å²) >= 11 is 7.76. The van der Waals surface area contributed by atoms with Crippen molar-refractivity contribution in [1.82, 2.24) is 4.90 Å². The monoisotopic (exact) mass is 383 g/mol. The zero-order valence-corrected chi connectivity index (χ0v) is 16.1. The van der Waals surface area contributed by atoms with Crippen LogP contribution in [0.15, 0.2) is 66.0 Å². The Labute approximate surface area is 163 Å². The maximum Gasteiger partial charge on any atom is 0.149 e. The molecule has 1 unspecified atom stereocenters. The number of likely N-dealkylation sites (tertiary alicyclic amines) is 1. The number of nitrogens with zero attached hydrogens (tertiary/aromatic N) is 1. The predicted molar refractivity (Wildman–Crippen MR) is 109 cm³/mol. The van der Waals surface area contributed by atoms with Crippen molar-refractivity contribution in [1.29, 1.82) is 0 Å². The van der Waals surface area contributed by atoms with Gasteiger partial charge in [0.05, 0.1) is 0 Å². The van der Waals surface area contributed by atoms with E-state index in [-0.39, 0.29) is 0 Å². The molecule has 2 nitrogen and oxygen atoms in total. The standard InChI is InChI=1S/C22H22ClNOS/c23-20-6-3-5-19(15-20)22(25,21-7-4-14-26-21)18-10-8-17(9-11-18)16-24-12-1-2-13-24/h3-11,14-15,25H,1-2,12-13,16H2. The normalized spacial score (nSPS) is 17.3. The van der Waals surface area contributed by atoms with Crippen LogP contribution in [0.1, 0.15) is 34.4 Å². The number of hydrogen-bond donors (Lipinski definition) is 1. The van der Waals surface area contributed by atoms with Crippen molar-refractivity contribution in [3.05, 3.63) is 92.6 Å². The van der Waals surface area contributed by atoms with E-state index in [9.17, 15) is 5.11 Å². The van der Waals surface area contributed by atoms with Crippen molar-refractivity contribution in [3.8, 4) is 0 Å². The first-order valence-electron chi connectivity index (χ1n) is 9.00. The number of thiophene rings is 1. The van der Waals surface area contributed by atoms with Gasteiger partial charge in [0, 0.05) is 16.4 Å². The van der Waals surface area contributed by atoms with Gasteiger partial charge in [0.1, 0.15) is 5.60 Å². The summed E-state index contributed by atoms with van der Waals surface area (Å²) in [6, 6.07) is 19.8. The van der Waals surface area contributed by atoms with E-state index in [2.05, 4.69) is 17.0 Å². The van der Waals surface area contributed by atoms with Gasteiger partial charge in [0.2, 0.25) is 0 Å². The fraction of sp³-hybridized carbons (Fsp3) is 0.273. The summed E-state index contributed by atoms with van der Waals surface area (Å²) in [5.41, 5.74) is 1.76. The molecule has 3 aromatic rings. The van der Waals surface area contributed by atoms with Gasteiger partial charge in [-0.2, -0.15) is 0 Å². The molecule has 0 saturated carbocycles. The Morgan fingerprint density at radius 3 is 2.38 bits per heavy atom. The van der Waals surface area contributed by atoms with Crippen LogP contribution in [-0.4, -0.2) is 23.1 Å². The first kappa shape index (κ1) is 17.7. The first-order valence-corrected chi connectivity index (χ1v) is 10.3. The van der Waals surface area contributed by atoms with Crippen LogP contribution in [0.25, 0.3) is 0 Å². The number of rotatable bonds is 5. The second-order valence-electron chi connectivity index (χ2n) is 6.88. The lowest BCUT2D eigenvalue weighted by molar-refractivity contribution is 0.129. The molecule has 1 saturated heterocycles. The number of hydrogen-bond acceptors (Lipinski definition) is 3. The van der Waals surface area contributed by atoms with E-state index in [1.54, 1.807) is 11.3 Å². The summed E-state index contributed by atoms with van der Waals surface area (Å²) in [5.74, 6) is 0. The van der Waals surface area contributed by atoms with Crippen LogP contribution in [-0.2, 0) is 12.1 Å². The molecule has 0 spiro atoms. The highest BCUT2D eigenvalue weighted by Crippen LogP contribution is 2.39. The summed E-state index contributed by atoms with van der Waals surface area (Å²) in [6.45, 7) is 3.35. The van der Waals surface area contributed by atoms with Gasteiger partial charge in [0.15, 0.2) is 0 Å². The molecule has 1 aliphatic heterocycles. The van der Waals surface area contributed by atoms with Gasteiger partial charge in [-0.15, -0.1) is 11.3 Å². The van der Waals surface area contributed by atoms with Crippen molar-refractivity contribution in [2.45, 2.75) is 25.0 Å². The van der Waals surface area contributed by atoms with Gasteiger partial charge >= 0.3 is 0 Å². The fourth-order valence-corrected chi connectivity index (χ4v) is 4.76. The maximum absolute atomic E-state index is 11.8. The molecule has 0 aliphatic carbocycles. The molecule has 4 rings (SSSR count). The molecule has 1 fully saturated rings. The molecule has 1 N–H and O–H groups in total. The van der Waals surface area contributed by atoms with Crippen LogP contribution in [0.3, 0.4) is 0 Å². The summed E-state index contributed by atoms with van der Waals surface area (Å²) in [6.07, 6.45) is 2.59. The van der Waals surface area contributed by atoms with Crippen molar-refractivity contribution < 1.29 is 5.11 Å². The Morgan fingerprint density at radius 2 is 1.73 bits per heavy atom. The lowest BCUT2D eigenvalue weighted by atomic mass is 9.84. The molecule has 2 heterocycles. The smallest absolute Gasteiger partial charge is 0.149 e. The highest BCUT2D eigenvalue weighted by atomic mass is 35.5. The Hall–Kier alpha value is -1.65. The molecule has 26 heavy (non-hydrogen) atoms. The van der Waals surface area contributed by atoms with Crippen LogP contribution in [0.2, 0.25) is 5.02 Å². The van der Waals surface area contributed by atoms with Crippen molar-refractivity contribution in [2.24, 2.45) is 0 Å². The third kappa shape index (κ3) is 3.45. The van der Waals surface area contributed by atoms with Gasteiger partial charge in [-0.3, -0.25) is 4.90 Å². The zero-order valence-electron chi connectivity index (χ0n) is 14.6. The number of aliphatic hydroxyl groups is 1. The van der Waals surface area contributed by atoms with Gasteiger partial charge in [-0.05, 0) is 66.2 Å². The second kappa shape index (κ2) is 7.53. The average molecular weight is 384 g/mol. The minimum atomic E-state index is -1.19. The predicted octanol–water partition coefficient (Wildman–Crippen LogP) is 5.28. The third-order valence-electron chi connectivity index (χ3n) is 5.10. The molecule has 2 aromatic carbocycles. The van der Waals surface area contributed by atoms with Crippen molar-refractivity contribution >= 4 is 22.9 Å². The fourth-order valence-electron chi connectivity index (χ4n) is 3.70. The molecule has 134 valence electrons. The van der Waals surface area contributed by atoms with Gasteiger partial charge in [0.25, 0.3) is 0 Å². The Kier molecular flexibility index (Phi) is 5.14. The quantitative estimate of drug-likeness (QED) is 0.647. The molecule has 4 heteroatoms. The van der Waals surface area contributed by atoms with E-state index in [4.69, 9.17) is 11.6 Å². The zero-order chi connectivity index (χ0) is 18.0. The number of halogens is 1. The third-order valence-corrected chi connectivity index (χ3v) is 6.31. The molecule has 0 radical (unpaired) electrons. The number of benzene rings is 2. The Bertz CT molecular complexity index is 856. The minimum Gasteiger partial charge on any atom is -0.375 e. The maximum atomic E-state index is 11.8. The van der Waals surface area contributed by atoms with Crippen LogP contribution < -0.4 is 0 Å². The van der Waals surface area contributed by atoms with Gasteiger partial charge in [-0.25, -0.2) is 0 Å². The largest absolute Gasteiger partial charge is 0.375 e. The van der Waals surface area contributed by atoms with Crippen molar-refractivity contribution in [3.63, 3.8) is 0 Å². The second-order valence-corrected chi connectivity index (χ2v) is 8.26. The first-order chi connectivity index (χ1) is 12.7. The Balaban J connectivity index is 1.70. The van der Waals surface area contributed by atoms with E-state index in [0.717, 1.165) is 22.5 Å². The van der Waals surface area contributed by atoms with Crippen LogP contribution in [0.5, 0.6) is 0 Å².